The van der Waals surface area contributed by atoms with Crippen LogP contribution in [0.25, 0.3) is 0 Å². The van der Waals surface area contributed by atoms with Crippen molar-refractivity contribution in [3.8, 4) is 5.88 Å². The molecule has 5 heteroatoms. The van der Waals surface area contributed by atoms with E-state index in [1.165, 1.54) is 0 Å². The zero-order valence-corrected chi connectivity index (χ0v) is 11.5. The van der Waals surface area contributed by atoms with Gasteiger partial charge in [-0.05, 0) is 44.1 Å². The number of hydrogen-bond acceptors (Lipinski definition) is 4. The third-order valence-corrected chi connectivity index (χ3v) is 3.61. The van der Waals surface area contributed by atoms with Crippen LogP contribution in [0.1, 0.15) is 61.1 Å². The van der Waals surface area contributed by atoms with Crippen molar-refractivity contribution in [1.82, 2.24) is 10.2 Å². The number of rotatable bonds is 5. The highest BCUT2D eigenvalue weighted by atomic mass is 16.5. The van der Waals surface area contributed by atoms with Gasteiger partial charge in [0.15, 0.2) is 0 Å². The first-order chi connectivity index (χ1) is 9.17. The Hall–Kier alpha value is -1.65. The van der Waals surface area contributed by atoms with Crippen LogP contribution in [0.2, 0.25) is 0 Å². The van der Waals surface area contributed by atoms with E-state index < -0.39 is 5.97 Å². The Bertz CT molecular complexity index is 468. The van der Waals surface area contributed by atoms with Crippen molar-refractivity contribution >= 4 is 5.97 Å². The molecule has 1 fully saturated rings. The lowest BCUT2D eigenvalue weighted by molar-refractivity contribution is 0.0685. The summed E-state index contributed by atoms with van der Waals surface area (Å²) in [6.45, 7) is 3.88. The second-order valence-electron chi connectivity index (χ2n) is 4.84. The Balaban J connectivity index is 2.38. The van der Waals surface area contributed by atoms with E-state index in [-0.39, 0.29) is 17.5 Å². The van der Waals surface area contributed by atoms with Gasteiger partial charge in [-0.2, -0.15) is 5.10 Å². The fourth-order valence-corrected chi connectivity index (χ4v) is 2.62. The molecule has 5 nitrogen and oxygen atoms in total. The number of hydrogen-bond donors (Lipinski definition) is 1. The fourth-order valence-electron chi connectivity index (χ4n) is 2.62. The summed E-state index contributed by atoms with van der Waals surface area (Å²) in [7, 11) is 0. The molecule has 0 aliphatic heterocycles. The van der Waals surface area contributed by atoms with Crippen LogP contribution < -0.4 is 4.74 Å². The minimum absolute atomic E-state index is 0.0876. The van der Waals surface area contributed by atoms with Gasteiger partial charge in [-0.3, -0.25) is 0 Å². The summed E-state index contributed by atoms with van der Waals surface area (Å²) in [5.41, 5.74) is 1.69. The highest BCUT2D eigenvalue weighted by Gasteiger charge is 2.25. The van der Waals surface area contributed by atoms with Gasteiger partial charge < -0.3 is 9.84 Å². The summed E-state index contributed by atoms with van der Waals surface area (Å²) < 4.78 is 5.76. The van der Waals surface area contributed by atoms with Crippen LogP contribution in [-0.2, 0) is 12.8 Å². The summed E-state index contributed by atoms with van der Waals surface area (Å²) >= 11 is 0. The maximum absolute atomic E-state index is 11.5. The molecule has 0 radical (unpaired) electrons. The van der Waals surface area contributed by atoms with Crippen LogP contribution in [0.4, 0.5) is 0 Å². The van der Waals surface area contributed by atoms with Crippen LogP contribution in [0, 0.1) is 0 Å². The highest BCUT2D eigenvalue weighted by Crippen LogP contribution is 2.28. The first kappa shape index (κ1) is 13.8. The van der Waals surface area contributed by atoms with E-state index >= 15 is 0 Å². The van der Waals surface area contributed by atoms with Gasteiger partial charge in [0.2, 0.25) is 5.88 Å². The summed E-state index contributed by atoms with van der Waals surface area (Å²) in [6, 6.07) is 0. The van der Waals surface area contributed by atoms with E-state index in [4.69, 9.17) is 4.74 Å². The van der Waals surface area contributed by atoms with Gasteiger partial charge >= 0.3 is 5.97 Å². The molecule has 0 aromatic carbocycles. The molecular formula is C14H20N2O3. The van der Waals surface area contributed by atoms with Gasteiger partial charge in [0.1, 0.15) is 11.7 Å². The Labute approximate surface area is 113 Å². The van der Waals surface area contributed by atoms with E-state index in [1.807, 2.05) is 13.8 Å². The second kappa shape index (κ2) is 5.99. The molecule has 1 N–H and O–H groups in total. The number of carbonyl (C=O) groups is 1. The summed E-state index contributed by atoms with van der Waals surface area (Å²) in [5.74, 6) is -0.789. The average molecular weight is 264 g/mol. The van der Waals surface area contributed by atoms with Gasteiger partial charge in [0, 0.05) is 0 Å². The highest BCUT2D eigenvalue weighted by molar-refractivity contribution is 5.92. The molecule has 0 amide bonds. The minimum atomic E-state index is -0.977. The van der Waals surface area contributed by atoms with Crippen molar-refractivity contribution in [2.45, 2.75) is 58.5 Å². The molecule has 0 spiro atoms. The number of ether oxygens (including phenoxy) is 1. The van der Waals surface area contributed by atoms with E-state index in [9.17, 15) is 9.90 Å². The molecule has 104 valence electrons. The van der Waals surface area contributed by atoms with Crippen LogP contribution >= 0.6 is 0 Å². The SMILES string of the molecule is CCc1nnc(OC2CCCC2)c(C(=O)O)c1CC. The molecule has 1 aromatic rings. The molecule has 0 unspecified atom stereocenters. The summed E-state index contributed by atoms with van der Waals surface area (Å²) in [6.07, 6.45) is 5.60. The second-order valence-corrected chi connectivity index (χ2v) is 4.84. The summed E-state index contributed by atoms with van der Waals surface area (Å²) in [4.78, 5) is 11.5. The Morgan fingerprint density at radius 3 is 2.47 bits per heavy atom. The minimum Gasteiger partial charge on any atom is -0.477 e. The van der Waals surface area contributed by atoms with Crippen LogP contribution in [0.3, 0.4) is 0 Å². The van der Waals surface area contributed by atoms with Crippen LogP contribution in [0.5, 0.6) is 5.88 Å². The van der Waals surface area contributed by atoms with E-state index in [1.54, 1.807) is 0 Å². The first-order valence-electron chi connectivity index (χ1n) is 6.95. The largest absolute Gasteiger partial charge is 0.477 e. The lowest BCUT2D eigenvalue weighted by Gasteiger charge is -2.16. The molecule has 1 heterocycles. The van der Waals surface area contributed by atoms with Crippen molar-refractivity contribution < 1.29 is 14.6 Å². The molecule has 1 aliphatic rings. The average Bonchev–Trinajstić information content (AvgIpc) is 2.90. The van der Waals surface area contributed by atoms with Crippen molar-refractivity contribution in [1.29, 1.82) is 0 Å². The van der Waals surface area contributed by atoms with Crippen LogP contribution in [-0.4, -0.2) is 27.4 Å². The molecular weight excluding hydrogens is 244 g/mol. The molecule has 2 rings (SSSR count). The first-order valence-corrected chi connectivity index (χ1v) is 6.95. The Kier molecular flexibility index (Phi) is 4.35. The number of aryl methyl sites for hydroxylation is 1. The zero-order valence-electron chi connectivity index (χ0n) is 11.5. The van der Waals surface area contributed by atoms with E-state index in [2.05, 4.69) is 10.2 Å². The molecule has 0 bridgehead atoms. The Morgan fingerprint density at radius 1 is 1.26 bits per heavy atom. The molecule has 1 aliphatic carbocycles. The van der Waals surface area contributed by atoms with Crippen LogP contribution in [0.15, 0.2) is 0 Å². The van der Waals surface area contributed by atoms with Crippen molar-refractivity contribution in [2.75, 3.05) is 0 Å². The predicted molar refractivity (Wildman–Crippen MR) is 70.6 cm³/mol. The van der Waals surface area contributed by atoms with Gasteiger partial charge in [-0.1, -0.05) is 13.8 Å². The molecule has 0 atom stereocenters. The smallest absolute Gasteiger partial charge is 0.341 e. The van der Waals surface area contributed by atoms with Crippen molar-refractivity contribution in [2.24, 2.45) is 0 Å². The molecule has 19 heavy (non-hydrogen) atoms. The standard InChI is InChI=1S/C14H20N2O3/c1-3-10-11(4-2)15-16-13(12(10)14(17)18)19-9-7-5-6-8-9/h9H,3-8H2,1-2H3,(H,17,18). The van der Waals surface area contributed by atoms with Gasteiger partial charge in [0.05, 0.1) is 5.69 Å². The Morgan fingerprint density at radius 2 is 1.95 bits per heavy atom. The normalized spacial score (nSPS) is 15.7. The summed E-state index contributed by atoms with van der Waals surface area (Å²) in [5, 5.41) is 17.5. The van der Waals surface area contributed by atoms with Gasteiger partial charge in [0.25, 0.3) is 0 Å². The predicted octanol–water partition coefficient (Wildman–Crippen LogP) is 2.62. The van der Waals surface area contributed by atoms with Crippen molar-refractivity contribution in [3.63, 3.8) is 0 Å². The number of aromatic carboxylic acids is 1. The molecule has 0 saturated heterocycles. The molecule has 1 saturated carbocycles. The lowest BCUT2D eigenvalue weighted by Crippen LogP contribution is -2.18. The molecule has 1 aromatic heterocycles. The number of carboxylic acid groups (broad SMARTS) is 1. The monoisotopic (exact) mass is 264 g/mol. The maximum Gasteiger partial charge on any atom is 0.341 e. The number of aromatic nitrogens is 2. The maximum atomic E-state index is 11.5. The zero-order chi connectivity index (χ0) is 13.8. The third kappa shape index (κ3) is 2.85. The lowest BCUT2D eigenvalue weighted by atomic mass is 10.0. The number of carboxylic acids is 1. The number of nitrogens with zero attached hydrogens (tertiary/aromatic N) is 2. The quantitative estimate of drug-likeness (QED) is 0.885. The van der Waals surface area contributed by atoms with E-state index in [0.29, 0.717) is 12.8 Å². The third-order valence-electron chi connectivity index (χ3n) is 3.61. The van der Waals surface area contributed by atoms with E-state index in [0.717, 1.165) is 36.9 Å². The van der Waals surface area contributed by atoms with Gasteiger partial charge in [-0.15, -0.1) is 5.10 Å². The fraction of sp³-hybridized carbons (Fsp3) is 0.643. The topological polar surface area (TPSA) is 72.3 Å². The van der Waals surface area contributed by atoms with Crippen molar-refractivity contribution in [3.05, 3.63) is 16.8 Å². The van der Waals surface area contributed by atoms with Gasteiger partial charge in [-0.25, -0.2) is 4.79 Å².